The van der Waals surface area contributed by atoms with Crippen molar-refractivity contribution in [2.24, 2.45) is 0 Å². The number of nitrogens with one attached hydrogen (secondary N) is 1. The Labute approximate surface area is 232 Å². The van der Waals surface area contributed by atoms with E-state index >= 15 is 0 Å². The third kappa shape index (κ3) is 5.24. The maximum Gasteiger partial charge on any atom is 0.322 e. The number of aromatic nitrogens is 1. The smallest absolute Gasteiger partial charge is 0.316 e. The standard InChI is InChI=1S/C31H31BrN4O2/c1-3-4-19-34(31(38)33-25-17-15-24(32)16-18-25)21-29(37)36-27-9-6-5-8-26(27)35-20-7-10-28(35)30(36)23-13-11-22(2)12-14-23/h5-18,20,30H,3-4,19,21H2,1-2H3,(H,33,38). The molecule has 3 amide bonds. The van der Waals surface area contributed by atoms with Gasteiger partial charge in [0.2, 0.25) is 5.91 Å². The van der Waals surface area contributed by atoms with E-state index < -0.39 is 0 Å². The van der Waals surface area contributed by atoms with E-state index in [9.17, 15) is 9.59 Å². The fourth-order valence-corrected chi connectivity index (χ4v) is 5.17. The molecule has 7 heteroatoms. The van der Waals surface area contributed by atoms with Crippen molar-refractivity contribution < 1.29 is 9.59 Å². The number of unbranched alkanes of at least 4 members (excludes halogenated alkanes) is 1. The number of rotatable bonds is 7. The molecule has 0 radical (unpaired) electrons. The van der Waals surface area contributed by atoms with Crippen LogP contribution in [0.4, 0.5) is 16.2 Å². The quantitative estimate of drug-likeness (QED) is 0.253. The zero-order valence-electron chi connectivity index (χ0n) is 21.6. The maximum atomic E-state index is 14.2. The Balaban J connectivity index is 1.49. The van der Waals surface area contributed by atoms with Crippen LogP contribution in [0.3, 0.4) is 0 Å². The minimum atomic E-state index is -0.310. The number of amides is 3. The third-order valence-corrected chi connectivity index (χ3v) is 7.40. The number of benzene rings is 3. The summed E-state index contributed by atoms with van der Waals surface area (Å²) in [4.78, 5) is 31.0. The highest BCUT2D eigenvalue weighted by Crippen LogP contribution is 2.42. The Morgan fingerprint density at radius 2 is 1.63 bits per heavy atom. The third-order valence-electron chi connectivity index (χ3n) is 6.87. The Bertz CT molecular complexity index is 1430. The van der Waals surface area contributed by atoms with Crippen LogP contribution in [0.25, 0.3) is 5.69 Å². The molecule has 6 nitrogen and oxygen atoms in total. The number of aryl methyl sites for hydroxylation is 1. The first kappa shape index (κ1) is 25.8. The van der Waals surface area contributed by atoms with Crippen molar-refractivity contribution >= 4 is 39.2 Å². The molecule has 1 unspecified atom stereocenters. The SMILES string of the molecule is CCCCN(CC(=O)N1c2ccccc2-n2cccc2C1c1ccc(C)cc1)C(=O)Nc1ccc(Br)cc1. The van der Waals surface area contributed by atoms with E-state index in [1.165, 1.54) is 0 Å². The first-order chi connectivity index (χ1) is 18.5. The molecule has 0 aliphatic carbocycles. The molecule has 0 fully saturated rings. The molecule has 4 aromatic rings. The molecule has 3 aromatic carbocycles. The molecule has 2 heterocycles. The molecule has 1 atom stereocenters. The highest BCUT2D eigenvalue weighted by Gasteiger charge is 2.36. The van der Waals surface area contributed by atoms with Gasteiger partial charge in [0.05, 0.1) is 17.1 Å². The Morgan fingerprint density at radius 3 is 2.34 bits per heavy atom. The van der Waals surface area contributed by atoms with Crippen LogP contribution < -0.4 is 10.2 Å². The first-order valence-electron chi connectivity index (χ1n) is 12.9. The summed E-state index contributed by atoms with van der Waals surface area (Å²) in [6.45, 7) is 4.60. The van der Waals surface area contributed by atoms with Crippen LogP contribution in [0, 0.1) is 6.92 Å². The molecule has 38 heavy (non-hydrogen) atoms. The van der Waals surface area contributed by atoms with Crippen molar-refractivity contribution in [1.82, 2.24) is 9.47 Å². The molecular formula is C31H31BrN4O2. The van der Waals surface area contributed by atoms with Gasteiger partial charge in [0, 0.05) is 22.9 Å². The molecule has 1 aliphatic rings. The minimum absolute atomic E-state index is 0.0280. The summed E-state index contributed by atoms with van der Waals surface area (Å²) in [7, 11) is 0. The summed E-state index contributed by atoms with van der Waals surface area (Å²) < 4.78 is 3.09. The summed E-state index contributed by atoms with van der Waals surface area (Å²) in [5, 5.41) is 2.96. The van der Waals surface area contributed by atoms with E-state index in [4.69, 9.17) is 0 Å². The van der Waals surface area contributed by atoms with Crippen molar-refractivity contribution in [2.75, 3.05) is 23.3 Å². The normalized spacial score (nSPS) is 14.0. The Hall–Kier alpha value is -3.84. The van der Waals surface area contributed by atoms with Gasteiger partial charge in [-0.15, -0.1) is 0 Å². The number of nitrogens with zero attached hydrogens (tertiary/aromatic N) is 3. The van der Waals surface area contributed by atoms with Gasteiger partial charge in [-0.25, -0.2) is 4.79 Å². The lowest BCUT2D eigenvalue weighted by Crippen LogP contribution is -2.48. The van der Waals surface area contributed by atoms with Crippen LogP contribution in [0.5, 0.6) is 0 Å². The largest absolute Gasteiger partial charge is 0.322 e. The molecule has 0 saturated heterocycles. The second-order valence-electron chi connectivity index (χ2n) is 9.58. The average Bonchev–Trinajstić information content (AvgIpc) is 3.42. The zero-order valence-corrected chi connectivity index (χ0v) is 23.2. The predicted molar refractivity (Wildman–Crippen MR) is 156 cm³/mol. The minimum Gasteiger partial charge on any atom is -0.316 e. The highest BCUT2D eigenvalue weighted by atomic mass is 79.9. The van der Waals surface area contributed by atoms with Crippen molar-refractivity contribution in [3.8, 4) is 5.69 Å². The van der Waals surface area contributed by atoms with Gasteiger partial charge in [-0.05, 0) is 67.4 Å². The summed E-state index contributed by atoms with van der Waals surface area (Å²) >= 11 is 3.43. The molecule has 1 aliphatic heterocycles. The lowest BCUT2D eigenvalue weighted by molar-refractivity contribution is -0.119. The van der Waals surface area contributed by atoms with E-state index in [1.807, 2.05) is 65.7 Å². The second kappa shape index (κ2) is 11.3. The molecule has 1 aromatic heterocycles. The van der Waals surface area contributed by atoms with Crippen molar-refractivity contribution in [3.05, 3.63) is 112 Å². The molecule has 1 N–H and O–H groups in total. The number of hydrogen-bond acceptors (Lipinski definition) is 2. The van der Waals surface area contributed by atoms with Gasteiger partial charge in [0.25, 0.3) is 0 Å². The number of anilines is 2. The van der Waals surface area contributed by atoms with Crippen LogP contribution in [0.1, 0.15) is 42.6 Å². The molecule has 0 bridgehead atoms. The van der Waals surface area contributed by atoms with Gasteiger partial charge in [0.15, 0.2) is 0 Å². The fourth-order valence-electron chi connectivity index (χ4n) is 4.90. The number of carbonyl (C=O) groups is 2. The zero-order chi connectivity index (χ0) is 26.6. The van der Waals surface area contributed by atoms with Crippen molar-refractivity contribution in [3.63, 3.8) is 0 Å². The summed E-state index contributed by atoms with van der Waals surface area (Å²) in [6, 6.07) is 27.2. The molecule has 0 saturated carbocycles. The highest BCUT2D eigenvalue weighted by molar-refractivity contribution is 9.10. The lowest BCUT2D eigenvalue weighted by Gasteiger charge is -2.39. The molecule has 194 valence electrons. The lowest BCUT2D eigenvalue weighted by atomic mass is 9.97. The Kier molecular flexibility index (Phi) is 7.65. The van der Waals surface area contributed by atoms with E-state index in [0.29, 0.717) is 12.2 Å². The first-order valence-corrected chi connectivity index (χ1v) is 13.7. The van der Waals surface area contributed by atoms with Gasteiger partial charge in [0.1, 0.15) is 12.6 Å². The topological polar surface area (TPSA) is 57.6 Å². The van der Waals surface area contributed by atoms with E-state index in [0.717, 1.165) is 45.5 Å². The number of halogens is 1. The molecular weight excluding hydrogens is 540 g/mol. The summed E-state index contributed by atoms with van der Waals surface area (Å²) in [5.74, 6) is -0.127. The predicted octanol–water partition coefficient (Wildman–Crippen LogP) is 7.32. The van der Waals surface area contributed by atoms with E-state index in [1.54, 1.807) is 4.90 Å². The number of fused-ring (bicyclic) bond motifs is 3. The van der Waals surface area contributed by atoms with Gasteiger partial charge in [-0.2, -0.15) is 0 Å². The van der Waals surface area contributed by atoms with Gasteiger partial charge in [-0.3, -0.25) is 9.69 Å². The van der Waals surface area contributed by atoms with Gasteiger partial charge in [-0.1, -0.05) is 71.2 Å². The van der Waals surface area contributed by atoms with Gasteiger partial charge >= 0.3 is 6.03 Å². The number of hydrogen-bond donors (Lipinski definition) is 1. The average molecular weight is 572 g/mol. The van der Waals surface area contributed by atoms with Crippen molar-refractivity contribution in [2.45, 2.75) is 32.7 Å². The molecule has 0 spiro atoms. The van der Waals surface area contributed by atoms with Crippen LogP contribution in [0.15, 0.2) is 95.6 Å². The number of para-hydroxylation sites is 2. The summed E-state index contributed by atoms with van der Waals surface area (Å²) in [6.07, 6.45) is 3.76. The Morgan fingerprint density at radius 1 is 0.921 bits per heavy atom. The monoisotopic (exact) mass is 570 g/mol. The fraction of sp³-hybridized carbons (Fsp3) is 0.226. The summed E-state index contributed by atoms with van der Waals surface area (Å²) in [5.41, 5.74) is 5.66. The van der Waals surface area contributed by atoms with Crippen LogP contribution in [-0.2, 0) is 4.79 Å². The molecule has 5 rings (SSSR count). The van der Waals surface area contributed by atoms with E-state index in [2.05, 4.69) is 70.0 Å². The van der Waals surface area contributed by atoms with Gasteiger partial charge < -0.3 is 14.8 Å². The van der Waals surface area contributed by atoms with E-state index in [-0.39, 0.29) is 24.5 Å². The second-order valence-corrected chi connectivity index (χ2v) is 10.5. The maximum absolute atomic E-state index is 14.2. The van der Waals surface area contributed by atoms with Crippen molar-refractivity contribution in [1.29, 1.82) is 0 Å². The number of carbonyl (C=O) groups excluding carboxylic acids is 2. The van der Waals surface area contributed by atoms with Crippen LogP contribution >= 0.6 is 15.9 Å². The number of urea groups is 1. The van der Waals surface area contributed by atoms with Crippen LogP contribution in [-0.4, -0.2) is 34.5 Å². The van der Waals surface area contributed by atoms with Crippen LogP contribution in [0.2, 0.25) is 0 Å².